The van der Waals surface area contributed by atoms with Crippen LogP contribution in [0, 0.1) is 0 Å². The zero-order chi connectivity index (χ0) is 14.0. The number of rotatable bonds is 4. The van der Waals surface area contributed by atoms with E-state index in [1.165, 1.54) is 18.9 Å². The number of ether oxygens (including phenoxy) is 2. The maximum Gasteiger partial charge on any atom is 0.265 e. The molecule has 0 unspecified atom stereocenters. The minimum absolute atomic E-state index is 0.0206. The highest BCUT2D eigenvalue weighted by Crippen LogP contribution is 2.41. The second kappa shape index (κ2) is 5.27. The SMILES string of the molecule is COc1cc(CO)cc2c1OCC(=O)N2CC(C)=O. The summed E-state index contributed by atoms with van der Waals surface area (Å²) in [5, 5.41) is 9.23. The van der Waals surface area contributed by atoms with E-state index in [9.17, 15) is 14.7 Å². The number of amides is 1. The molecule has 0 bridgehead atoms. The first-order chi connectivity index (χ1) is 9.06. The van der Waals surface area contributed by atoms with Crippen LogP contribution in [-0.2, 0) is 16.2 Å². The number of hydrogen-bond donors (Lipinski definition) is 1. The van der Waals surface area contributed by atoms with Crippen molar-refractivity contribution in [3.8, 4) is 11.5 Å². The monoisotopic (exact) mass is 265 g/mol. The number of hydrogen-bond acceptors (Lipinski definition) is 5. The van der Waals surface area contributed by atoms with Gasteiger partial charge in [-0.15, -0.1) is 0 Å². The molecule has 6 heteroatoms. The van der Waals surface area contributed by atoms with Crippen molar-refractivity contribution >= 4 is 17.4 Å². The van der Waals surface area contributed by atoms with Gasteiger partial charge in [0.2, 0.25) is 0 Å². The van der Waals surface area contributed by atoms with E-state index in [4.69, 9.17) is 9.47 Å². The van der Waals surface area contributed by atoms with E-state index in [1.54, 1.807) is 12.1 Å². The van der Waals surface area contributed by atoms with E-state index in [2.05, 4.69) is 0 Å². The minimum atomic E-state index is -0.292. The number of methoxy groups -OCH3 is 1. The third-order valence-corrected chi connectivity index (χ3v) is 2.81. The predicted octanol–water partition coefficient (Wildman–Crippen LogP) is 0.502. The molecule has 0 aliphatic carbocycles. The van der Waals surface area contributed by atoms with Gasteiger partial charge in [0.05, 0.1) is 25.9 Å². The van der Waals surface area contributed by atoms with E-state index in [0.29, 0.717) is 22.7 Å². The summed E-state index contributed by atoms with van der Waals surface area (Å²) >= 11 is 0. The zero-order valence-corrected chi connectivity index (χ0v) is 10.8. The summed E-state index contributed by atoms with van der Waals surface area (Å²) in [4.78, 5) is 24.4. The maximum absolute atomic E-state index is 11.8. The summed E-state index contributed by atoms with van der Waals surface area (Å²) in [5.41, 5.74) is 1.04. The average molecular weight is 265 g/mol. The molecular formula is C13H15NO5. The van der Waals surface area contributed by atoms with E-state index in [0.717, 1.165) is 0 Å². The van der Waals surface area contributed by atoms with Crippen molar-refractivity contribution in [3.05, 3.63) is 17.7 Å². The normalized spacial score (nSPS) is 13.8. The molecule has 102 valence electrons. The smallest absolute Gasteiger partial charge is 0.265 e. The molecule has 1 aromatic carbocycles. The molecule has 0 saturated heterocycles. The molecule has 0 fully saturated rings. The van der Waals surface area contributed by atoms with Crippen LogP contribution in [0.4, 0.5) is 5.69 Å². The lowest BCUT2D eigenvalue weighted by molar-refractivity contribution is -0.123. The highest BCUT2D eigenvalue weighted by atomic mass is 16.5. The standard InChI is InChI=1S/C13H15NO5/c1-8(16)5-14-10-3-9(6-15)4-11(18-2)13(10)19-7-12(14)17/h3-4,15H,5-7H2,1-2H3. The maximum atomic E-state index is 11.8. The topological polar surface area (TPSA) is 76.1 Å². The van der Waals surface area contributed by atoms with Gasteiger partial charge in [0, 0.05) is 0 Å². The lowest BCUT2D eigenvalue weighted by Gasteiger charge is -2.30. The van der Waals surface area contributed by atoms with Gasteiger partial charge in [-0.1, -0.05) is 0 Å². The molecule has 0 atom stereocenters. The van der Waals surface area contributed by atoms with Crippen LogP contribution in [0.5, 0.6) is 11.5 Å². The van der Waals surface area contributed by atoms with Gasteiger partial charge >= 0.3 is 0 Å². The van der Waals surface area contributed by atoms with Gasteiger partial charge in [-0.05, 0) is 24.6 Å². The average Bonchev–Trinajstić information content (AvgIpc) is 2.40. The van der Waals surface area contributed by atoms with Crippen molar-refractivity contribution in [2.75, 3.05) is 25.2 Å². The van der Waals surface area contributed by atoms with E-state index in [-0.39, 0.29) is 31.4 Å². The number of Topliss-reactive ketones (excluding diaryl/α,β-unsaturated/α-hetero) is 1. The summed E-state index contributed by atoms with van der Waals surface area (Å²) in [6, 6.07) is 3.26. The Morgan fingerprint density at radius 3 is 2.84 bits per heavy atom. The van der Waals surface area contributed by atoms with Gasteiger partial charge in [-0.25, -0.2) is 0 Å². The van der Waals surface area contributed by atoms with Crippen molar-refractivity contribution in [2.24, 2.45) is 0 Å². The molecule has 2 rings (SSSR count). The van der Waals surface area contributed by atoms with Crippen molar-refractivity contribution < 1.29 is 24.2 Å². The third-order valence-electron chi connectivity index (χ3n) is 2.81. The molecule has 6 nitrogen and oxygen atoms in total. The highest BCUT2D eigenvalue weighted by molar-refractivity contribution is 6.02. The molecule has 0 aromatic heterocycles. The predicted molar refractivity (Wildman–Crippen MR) is 67.4 cm³/mol. The first-order valence-electron chi connectivity index (χ1n) is 5.81. The third kappa shape index (κ3) is 2.53. The number of nitrogens with zero attached hydrogens (tertiary/aromatic N) is 1. The Kier molecular flexibility index (Phi) is 3.71. The summed E-state index contributed by atoms with van der Waals surface area (Å²) in [5.74, 6) is 0.428. The molecule has 1 heterocycles. The molecule has 1 N–H and O–H groups in total. The van der Waals surface area contributed by atoms with Crippen molar-refractivity contribution in [1.29, 1.82) is 0 Å². The van der Waals surface area contributed by atoms with Gasteiger partial charge in [-0.2, -0.15) is 0 Å². The molecule has 1 aromatic rings. The van der Waals surface area contributed by atoms with Gasteiger partial charge < -0.3 is 14.6 Å². The van der Waals surface area contributed by atoms with Crippen LogP contribution in [0.15, 0.2) is 12.1 Å². The summed E-state index contributed by atoms with van der Waals surface area (Å²) < 4.78 is 10.5. The number of benzene rings is 1. The fourth-order valence-electron chi connectivity index (χ4n) is 1.97. The summed E-state index contributed by atoms with van der Waals surface area (Å²) in [6.45, 7) is 1.07. The molecule has 0 radical (unpaired) electrons. The van der Waals surface area contributed by atoms with E-state index in [1.807, 2.05) is 0 Å². The first-order valence-corrected chi connectivity index (χ1v) is 5.81. The largest absolute Gasteiger partial charge is 0.493 e. The Bertz CT molecular complexity index is 526. The molecule has 1 aliphatic rings. The number of carbonyl (C=O) groups excluding carboxylic acids is 2. The van der Waals surface area contributed by atoms with E-state index < -0.39 is 0 Å². The van der Waals surface area contributed by atoms with Crippen LogP contribution in [0.25, 0.3) is 0 Å². The van der Waals surface area contributed by atoms with Crippen molar-refractivity contribution in [3.63, 3.8) is 0 Å². The van der Waals surface area contributed by atoms with Crippen molar-refractivity contribution in [1.82, 2.24) is 0 Å². The fraction of sp³-hybridized carbons (Fsp3) is 0.385. The molecule has 0 spiro atoms. The molecule has 1 aliphatic heterocycles. The second-order valence-corrected chi connectivity index (χ2v) is 4.28. The van der Waals surface area contributed by atoms with Crippen molar-refractivity contribution in [2.45, 2.75) is 13.5 Å². The second-order valence-electron chi connectivity index (χ2n) is 4.28. The lowest BCUT2D eigenvalue weighted by atomic mass is 10.1. The van der Waals surface area contributed by atoms with Gasteiger partial charge in [-0.3, -0.25) is 14.5 Å². The fourth-order valence-corrected chi connectivity index (χ4v) is 1.97. The number of aliphatic hydroxyl groups excluding tert-OH is 1. The number of anilines is 1. The Balaban J connectivity index is 2.53. The molecular weight excluding hydrogens is 250 g/mol. The number of fused-ring (bicyclic) bond motifs is 1. The van der Waals surface area contributed by atoms with Gasteiger partial charge in [0.15, 0.2) is 18.1 Å². The Hall–Kier alpha value is -2.08. The van der Waals surface area contributed by atoms with Gasteiger partial charge in [0.25, 0.3) is 5.91 Å². The Morgan fingerprint density at radius 2 is 2.26 bits per heavy atom. The van der Waals surface area contributed by atoms with Crippen LogP contribution in [0.2, 0.25) is 0 Å². The molecule has 1 amide bonds. The van der Waals surface area contributed by atoms with Gasteiger partial charge in [0.1, 0.15) is 5.78 Å². The lowest BCUT2D eigenvalue weighted by Crippen LogP contribution is -2.41. The van der Waals surface area contributed by atoms with Crippen LogP contribution in [-0.4, -0.2) is 37.1 Å². The van der Waals surface area contributed by atoms with Crippen LogP contribution in [0.1, 0.15) is 12.5 Å². The molecule has 19 heavy (non-hydrogen) atoms. The highest BCUT2D eigenvalue weighted by Gasteiger charge is 2.29. The number of aliphatic hydroxyl groups is 1. The van der Waals surface area contributed by atoms with Crippen LogP contribution in [0.3, 0.4) is 0 Å². The minimum Gasteiger partial charge on any atom is -0.493 e. The quantitative estimate of drug-likeness (QED) is 0.858. The summed E-state index contributed by atoms with van der Waals surface area (Å²) in [7, 11) is 1.48. The Morgan fingerprint density at radius 1 is 1.53 bits per heavy atom. The van der Waals surface area contributed by atoms with Crippen LogP contribution < -0.4 is 14.4 Å². The molecule has 0 saturated carbocycles. The van der Waals surface area contributed by atoms with Crippen LogP contribution >= 0.6 is 0 Å². The van der Waals surface area contributed by atoms with E-state index >= 15 is 0 Å². The number of carbonyl (C=O) groups is 2. The summed E-state index contributed by atoms with van der Waals surface area (Å²) in [6.07, 6.45) is 0. The number of ketones is 1. The zero-order valence-electron chi connectivity index (χ0n) is 10.8. The first kappa shape index (κ1) is 13.4. The Labute approximate surface area is 110 Å².